The van der Waals surface area contributed by atoms with Crippen molar-refractivity contribution in [1.29, 1.82) is 0 Å². The van der Waals surface area contributed by atoms with Crippen molar-refractivity contribution in [2.75, 3.05) is 26.4 Å². The lowest BCUT2D eigenvalue weighted by atomic mass is 9.92. The molecule has 0 radical (unpaired) electrons. The third kappa shape index (κ3) is 2.97. The topological polar surface area (TPSA) is 29.3 Å². The first-order valence-electron chi connectivity index (χ1n) is 7.67. The molecule has 22 heavy (non-hydrogen) atoms. The highest BCUT2D eigenvalue weighted by molar-refractivity contribution is 5.94. The smallest absolute Gasteiger partial charge is 0.0320 e. The molecule has 0 saturated heterocycles. The molecule has 0 bridgehead atoms. The first kappa shape index (κ1) is 14.6. The number of nitrogens with two attached hydrogens (primary N) is 1. The first-order valence-corrected chi connectivity index (χ1v) is 7.67. The number of nitrogens with zero attached hydrogens (tertiary/aromatic N) is 1. The number of hydrogen-bond donors (Lipinski definition) is 1. The van der Waals surface area contributed by atoms with Crippen molar-refractivity contribution in [3.05, 3.63) is 70.8 Å². The summed E-state index contributed by atoms with van der Waals surface area (Å²) in [6.45, 7) is 1.04. The van der Waals surface area contributed by atoms with Crippen LogP contribution in [0.4, 0.5) is 5.69 Å². The second-order valence-electron chi connectivity index (χ2n) is 5.98. The zero-order valence-corrected chi connectivity index (χ0v) is 13.2. The van der Waals surface area contributed by atoms with E-state index in [2.05, 4.69) is 73.6 Å². The van der Waals surface area contributed by atoms with Gasteiger partial charge in [-0.1, -0.05) is 48.6 Å². The Morgan fingerprint density at radius 3 is 2.45 bits per heavy atom. The molecule has 1 aliphatic rings. The molecule has 3 rings (SSSR count). The van der Waals surface area contributed by atoms with Crippen LogP contribution in [0, 0.1) is 0 Å². The Bertz CT molecular complexity index is 739. The van der Waals surface area contributed by atoms with E-state index in [0.29, 0.717) is 0 Å². The summed E-state index contributed by atoms with van der Waals surface area (Å²) in [7, 11) is 4.21. The molecule has 0 unspecified atom stereocenters. The van der Waals surface area contributed by atoms with Crippen molar-refractivity contribution in [1.82, 2.24) is 4.90 Å². The molecule has 0 saturated carbocycles. The van der Waals surface area contributed by atoms with Gasteiger partial charge in [-0.15, -0.1) is 0 Å². The minimum absolute atomic E-state index is 0.810. The van der Waals surface area contributed by atoms with Gasteiger partial charge in [0.15, 0.2) is 0 Å². The fourth-order valence-corrected chi connectivity index (χ4v) is 2.85. The number of benzene rings is 2. The van der Waals surface area contributed by atoms with Crippen LogP contribution in [-0.2, 0) is 0 Å². The highest BCUT2D eigenvalue weighted by Gasteiger charge is 2.14. The Morgan fingerprint density at radius 1 is 0.955 bits per heavy atom. The maximum Gasteiger partial charge on any atom is 0.0320 e. The Labute approximate surface area is 132 Å². The zero-order valence-electron chi connectivity index (χ0n) is 13.2. The molecule has 0 fully saturated rings. The van der Waals surface area contributed by atoms with Crippen LogP contribution in [-0.4, -0.2) is 25.5 Å². The number of nitrogen functional groups attached to an aromatic ring is 1. The van der Waals surface area contributed by atoms with Crippen LogP contribution in [0.5, 0.6) is 0 Å². The van der Waals surface area contributed by atoms with Gasteiger partial charge in [0, 0.05) is 12.2 Å². The van der Waals surface area contributed by atoms with E-state index in [1.54, 1.807) is 0 Å². The molecule has 2 aromatic rings. The summed E-state index contributed by atoms with van der Waals surface area (Å²) in [6, 6.07) is 14.7. The third-order valence-electron chi connectivity index (χ3n) is 3.99. The summed E-state index contributed by atoms with van der Waals surface area (Å²) in [5, 5.41) is 0. The quantitative estimate of drug-likeness (QED) is 0.735. The van der Waals surface area contributed by atoms with Crippen LogP contribution in [0.2, 0.25) is 0 Å². The standard InChI is InChI=1S/C20H22N2/c1-22(2)13-5-8-19-18-7-4-3-6-15(18)9-10-16-11-12-17(21)14-20(16)19/h3-4,6-12,14H,5,13,21H2,1-2H3/b19-8-. The lowest BCUT2D eigenvalue weighted by molar-refractivity contribution is 0.417. The van der Waals surface area contributed by atoms with E-state index >= 15 is 0 Å². The van der Waals surface area contributed by atoms with E-state index in [1.807, 2.05) is 6.07 Å². The Kier molecular flexibility index (Phi) is 4.12. The highest BCUT2D eigenvalue weighted by Crippen LogP contribution is 2.35. The number of fused-ring (bicyclic) bond motifs is 2. The molecule has 1 aliphatic carbocycles. The maximum absolute atomic E-state index is 6.03. The van der Waals surface area contributed by atoms with Gasteiger partial charge >= 0.3 is 0 Å². The summed E-state index contributed by atoms with van der Waals surface area (Å²) in [5.74, 6) is 0. The van der Waals surface area contributed by atoms with Gasteiger partial charge in [-0.25, -0.2) is 0 Å². The SMILES string of the molecule is CN(C)CC/C=C1/c2ccccc2C=Cc2ccc(N)cc21. The van der Waals surface area contributed by atoms with Crippen LogP contribution in [0.15, 0.2) is 48.5 Å². The monoisotopic (exact) mass is 290 g/mol. The summed E-state index contributed by atoms with van der Waals surface area (Å²) in [4.78, 5) is 2.21. The van der Waals surface area contributed by atoms with Crippen molar-refractivity contribution in [2.24, 2.45) is 0 Å². The Balaban J connectivity index is 2.13. The van der Waals surface area contributed by atoms with Gasteiger partial charge in [-0.05, 0) is 60.5 Å². The van der Waals surface area contributed by atoms with Crippen molar-refractivity contribution in [2.45, 2.75) is 6.42 Å². The average Bonchev–Trinajstić information content (AvgIpc) is 2.65. The second-order valence-corrected chi connectivity index (χ2v) is 5.98. The summed E-state index contributed by atoms with van der Waals surface area (Å²) in [6.07, 6.45) is 7.73. The van der Waals surface area contributed by atoms with Crippen LogP contribution in [0.3, 0.4) is 0 Å². The predicted octanol–water partition coefficient (Wildman–Crippen LogP) is 4.14. The molecule has 2 aromatic carbocycles. The zero-order chi connectivity index (χ0) is 15.5. The molecule has 2 N–H and O–H groups in total. The van der Waals surface area contributed by atoms with E-state index in [-0.39, 0.29) is 0 Å². The van der Waals surface area contributed by atoms with E-state index in [4.69, 9.17) is 5.73 Å². The van der Waals surface area contributed by atoms with Gasteiger partial charge in [0.2, 0.25) is 0 Å². The molecule has 0 heterocycles. The van der Waals surface area contributed by atoms with Gasteiger partial charge in [-0.2, -0.15) is 0 Å². The molecule has 0 aromatic heterocycles. The van der Waals surface area contributed by atoms with E-state index in [0.717, 1.165) is 18.7 Å². The van der Waals surface area contributed by atoms with Crippen molar-refractivity contribution in [3.8, 4) is 0 Å². The molecule has 112 valence electrons. The molecular formula is C20H22N2. The molecule has 0 atom stereocenters. The van der Waals surface area contributed by atoms with Crippen LogP contribution < -0.4 is 5.73 Å². The minimum atomic E-state index is 0.810. The van der Waals surface area contributed by atoms with Gasteiger partial charge < -0.3 is 10.6 Å². The van der Waals surface area contributed by atoms with Crippen molar-refractivity contribution >= 4 is 23.4 Å². The van der Waals surface area contributed by atoms with E-state index in [9.17, 15) is 0 Å². The number of rotatable bonds is 3. The van der Waals surface area contributed by atoms with Crippen LogP contribution >= 0.6 is 0 Å². The largest absolute Gasteiger partial charge is 0.399 e. The first-order chi connectivity index (χ1) is 10.6. The predicted molar refractivity (Wildman–Crippen MR) is 96.5 cm³/mol. The molecule has 0 amide bonds. The Hall–Kier alpha value is -2.32. The molecule has 2 heteroatoms. The van der Waals surface area contributed by atoms with Gasteiger partial charge in [0.05, 0.1) is 0 Å². The van der Waals surface area contributed by atoms with Gasteiger partial charge in [0.25, 0.3) is 0 Å². The normalized spacial score (nSPS) is 14.8. The summed E-state index contributed by atoms with van der Waals surface area (Å²) >= 11 is 0. The summed E-state index contributed by atoms with van der Waals surface area (Å²) < 4.78 is 0. The van der Waals surface area contributed by atoms with E-state index in [1.165, 1.54) is 27.8 Å². The van der Waals surface area contributed by atoms with Gasteiger partial charge in [-0.3, -0.25) is 0 Å². The number of hydrogen-bond acceptors (Lipinski definition) is 2. The average molecular weight is 290 g/mol. The number of anilines is 1. The third-order valence-corrected chi connectivity index (χ3v) is 3.99. The van der Waals surface area contributed by atoms with E-state index < -0.39 is 0 Å². The summed E-state index contributed by atoms with van der Waals surface area (Å²) in [5.41, 5.74) is 13.1. The van der Waals surface area contributed by atoms with Gasteiger partial charge in [0.1, 0.15) is 0 Å². The molecule has 0 spiro atoms. The van der Waals surface area contributed by atoms with Crippen LogP contribution in [0.25, 0.3) is 17.7 Å². The lowest BCUT2D eigenvalue weighted by Gasteiger charge is -2.14. The molecule has 2 nitrogen and oxygen atoms in total. The molecular weight excluding hydrogens is 268 g/mol. The fraction of sp³-hybridized carbons (Fsp3) is 0.200. The lowest BCUT2D eigenvalue weighted by Crippen LogP contribution is -2.12. The second kappa shape index (κ2) is 6.20. The maximum atomic E-state index is 6.03. The Morgan fingerprint density at radius 2 is 1.68 bits per heavy atom. The molecule has 0 aliphatic heterocycles. The van der Waals surface area contributed by atoms with Crippen molar-refractivity contribution < 1.29 is 0 Å². The van der Waals surface area contributed by atoms with Crippen LogP contribution in [0.1, 0.15) is 28.7 Å². The minimum Gasteiger partial charge on any atom is -0.399 e. The fourth-order valence-electron chi connectivity index (χ4n) is 2.85. The van der Waals surface area contributed by atoms with Crippen molar-refractivity contribution in [3.63, 3.8) is 0 Å². The highest BCUT2D eigenvalue weighted by atomic mass is 15.0.